The maximum atomic E-state index is 12.6. The fraction of sp³-hybridized carbons (Fsp3) is 0.238. The fourth-order valence-corrected chi connectivity index (χ4v) is 3.76. The molecule has 0 spiro atoms. The molecule has 0 radical (unpaired) electrons. The number of phenolic OH excluding ortho intramolecular Hbond substituents is 1. The number of hydrogen-bond acceptors (Lipinski definition) is 6. The van der Waals surface area contributed by atoms with E-state index in [9.17, 15) is 9.90 Å². The molecule has 2 N–H and O–H groups in total. The molecule has 0 aliphatic carbocycles. The third kappa shape index (κ3) is 4.78. The highest BCUT2D eigenvalue weighted by Crippen LogP contribution is 2.27. The lowest BCUT2D eigenvalue weighted by atomic mass is 10.2. The van der Waals surface area contributed by atoms with Gasteiger partial charge in [-0.05, 0) is 24.3 Å². The van der Waals surface area contributed by atoms with E-state index in [1.165, 1.54) is 11.3 Å². The van der Waals surface area contributed by atoms with E-state index in [1.807, 2.05) is 41.8 Å². The standard InChI is InChI=1S/C21H22N4O3S/c26-20-7-2-1-6-19(20)24-8-10-25(11-9-24)21(27)23-16-4-3-5-18(12-16)28-13-17-14-29-15-22-17/h1-7,12,14-15,26H,8-11,13H2,(H,23,27). The van der Waals surface area contributed by atoms with Crippen LogP contribution in [0.3, 0.4) is 0 Å². The number of phenols is 1. The number of nitrogens with one attached hydrogen (secondary N) is 1. The molecule has 0 saturated carbocycles. The Labute approximate surface area is 173 Å². The van der Waals surface area contributed by atoms with Gasteiger partial charge in [0.2, 0.25) is 0 Å². The highest BCUT2D eigenvalue weighted by atomic mass is 32.1. The van der Waals surface area contributed by atoms with E-state index in [0.717, 1.165) is 11.4 Å². The van der Waals surface area contributed by atoms with Crippen LogP contribution in [0.2, 0.25) is 0 Å². The van der Waals surface area contributed by atoms with Gasteiger partial charge in [0, 0.05) is 43.3 Å². The predicted molar refractivity (Wildman–Crippen MR) is 114 cm³/mol. The number of para-hydroxylation sites is 2. The van der Waals surface area contributed by atoms with E-state index in [2.05, 4.69) is 15.2 Å². The highest BCUT2D eigenvalue weighted by Gasteiger charge is 2.22. The van der Waals surface area contributed by atoms with E-state index in [-0.39, 0.29) is 11.8 Å². The molecule has 1 fully saturated rings. The van der Waals surface area contributed by atoms with Crippen molar-refractivity contribution in [2.24, 2.45) is 0 Å². The fourth-order valence-electron chi connectivity index (χ4n) is 3.21. The van der Waals surface area contributed by atoms with Crippen molar-refractivity contribution in [1.29, 1.82) is 0 Å². The molecule has 1 aliphatic heterocycles. The van der Waals surface area contributed by atoms with Crippen molar-refractivity contribution in [1.82, 2.24) is 9.88 Å². The van der Waals surface area contributed by atoms with Gasteiger partial charge in [-0.2, -0.15) is 0 Å². The maximum absolute atomic E-state index is 12.6. The molecule has 2 amide bonds. The third-order valence-corrected chi connectivity index (χ3v) is 5.38. The van der Waals surface area contributed by atoms with Crippen LogP contribution in [0.15, 0.2) is 59.4 Å². The Morgan fingerprint density at radius 3 is 2.72 bits per heavy atom. The summed E-state index contributed by atoms with van der Waals surface area (Å²) in [5.41, 5.74) is 4.15. The molecule has 29 heavy (non-hydrogen) atoms. The van der Waals surface area contributed by atoms with Crippen LogP contribution >= 0.6 is 11.3 Å². The zero-order chi connectivity index (χ0) is 20.1. The van der Waals surface area contributed by atoms with Crippen molar-refractivity contribution in [2.45, 2.75) is 6.61 Å². The van der Waals surface area contributed by atoms with Gasteiger partial charge in [0.05, 0.1) is 16.9 Å². The molecule has 0 bridgehead atoms. The number of anilines is 2. The quantitative estimate of drug-likeness (QED) is 0.669. The van der Waals surface area contributed by atoms with Crippen molar-refractivity contribution < 1.29 is 14.6 Å². The molecule has 1 aliphatic rings. The van der Waals surface area contributed by atoms with Crippen LogP contribution in [-0.4, -0.2) is 47.2 Å². The van der Waals surface area contributed by atoms with Crippen LogP contribution in [0.1, 0.15) is 5.69 Å². The number of carbonyl (C=O) groups is 1. The number of rotatable bonds is 5. The number of carbonyl (C=O) groups excluding carboxylic acids is 1. The number of thiazole rings is 1. The van der Waals surface area contributed by atoms with Gasteiger partial charge in [0.25, 0.3) is 0 Å². The molecular formula is C21H22N4O3S. The normalized spacial score (nSPS) is 13.9. The Kier molecular flexibility index (Phi) is 5.81. The molecule has 150 valence electrons. The summed E-state index contributed by atoms with van der Waals surface area (Å²) in [4.78, 5) is 20.7. The van der Waals surface area contributed by atoms with Gasteiger partial charge in [-0.1, -0.05) is 18.2 Å². The van der Waals surface area contributed by atoms with Crippen LogP contribution in [0.5, 0.6) is 11.5 Å². The summed E-state index contributed by atoms with van der Waals surface area (Å²) < 4.78 is 5.74. The van der Waals surface area contributed by atoms with Crippen LogP contribution in [0.4, 0.5) is 16.2 Å². The van der Waals surface area contributed by atoms with Crippen LogP contribution < -0.4 is 15.0 Å². The van der Waals surface area contributed by atoms with Crippen LogP contribution in [0, 0.1) is 0 Å². The Balaban J connectivity index is 1.31. The SMILES string of the molecule is O=C(Nc1cccc(OCc2cscn2)c1)N1CCN(c2ccccc2O)CC1. The number of piperazine rings is 1. The molecule has 1 aromatic heterocycles. The van der Waals surface area contributed by atoms with Crippen molar-refractivity contribution in [3.8, 4) is 11.5 Å². The Morgan fingerprint density at radius 2 is 1.97 bits per heavy atom. The number of urea groups is 1. The van der Waals surface area contributed by atoms with E-state index in [0.29, 0.717) is 44.2 Å². The van der Waals surface area contributed by atoms with Gasteiger partial charge in [0.15, 0.2) is 0 Å². The maximum Gasteiger partial charge on any atom is 0.321 e. The summed E-state index contributed by atoms with van der Waals surface area (Å²) in [5.74, 6) is 0.944. The van der Waals surface area contributed by atoms with Crippen LogP contribution in [0.25, 0.3) is 0 Å². The smallest absolute Gasteiger partial charge is 0.321 e. The Morgan fingerprint density at radius 1 is 1.14 bits per heavy atom. The van der Waals surface area contributed by atoms with Crippen molar-refractivity contribution in [3.05, 3.63) is 65.1 Å². The summed E-state index contributed by atoms with van der Waals surface area (Å²) in [6.07, 6.45) is 0. The predicted octanol–water partition coefficient (Wildman–Crippen LogP) is 3.78. The van der Waals surface area contributed by atoms with E-state index in [1.54, 1.807) is 22.5 Å². The molecule has 1 saturated heterocycles. The Bertz CT molecular complexity index is 956. The minimum absolute atomic E-state index is 0.140. The van der Waals surface area contributed by atoms with Gasteiger partial charge < -0.3 is 25.0 Å². The van der Waals surface area contributed by atoms with Gasteiger partial charge in [-0.15, -0.1) is 11.3 Å². The van der Waals surface area contributed by atoms with E-state index >= 15 is 0 Å². The summed E-state index contributed by atoms with van der Waals surface area (Å²) in [6, 6.07) is 14.5. The number of aromatic hydroxyl groups is 1. The molecule has 8 heteroatoms. The molecule has 3 aromatic rings. The second-order valence-electron chi connectivity index (χ2n) is 6.69. The minimum atomic E-state index is -0.140. The number of benzene rings is 2. The number of amides is 2. The summed E-state index contributed by atoms with van der Waals surface area (Å²) in [6.45, 7) is 2.90. The van der Waals surface area contributed by atoms with Gasteiger partial charge in [-0.25, -0.2) is 9.78 Å². The number of ether oxygens (including phenoxy) is 1. The van der Waals surface area contributed by atoms with Crippen LogP contribution in [-0.2, 0) is 6.61 Å². The molecule has 2 aromatic carbocycles. The van der Waals surface area contributed by atoms with Crippen molar-refractivity contribution in [3.63, 3.8) is 0 Å². The zero-order valence-corrected chi connectivity index (χ0v) is 16.6. The van der Waals surface area contributed by atoms with Crippen molar-refractivity contribution in [2.75, 3.05) is 36.4 Å². The molecule has 4 rings (SSSR count). The average Bonchev–Trinajstić information content (AvgIpc) is 3.27. The first-order chi connectivity index (χ1) is 14.2. The molecule has 2 heterocycles. The van der Waals surface area contributed by atoms with Crippen molar-refractivity contribution >= 4 is 28.7 Å². The Hall–Kier alpha value is -3.26. The topological polar surface area (TPSA) is 77.9 Å². The van der Waals surface area contributed by atoms with Gasteiger partial charge >= 0.3 is 6.03 Å². The van der Waals surface area contributed by atoms with Gasteiger partial charge in [0.1, 0.15) is 18.1 Å². The average molecular weight is 410 g/mol. The lowest BCUT2D eigenvalue weighted by Gasteiger charge is -2.36. The zero-order valence-electron chi connectivity index (χ0n) is 15.8. The second kappa shape index (κ2) is 8.83. The molecule has 0 atom stereocenters. The first-order valence-electron chi connectivity index (χ1n) is 9.38. The monoisotopic (exact) mass is 410 g/mol. The minimum Gasteiger partial charge on any atom is -0.506 e. The first kappa shape index (κ1) is 19.1. The summed E-state index contributed by atoms with van der Waals surface area (Å²) in [5, 5.41) is 14.9. The second-order valence-corrected chi connectivity index (χ2v) is 7.41. The summed E-state index contributed by atoms with van der Waals surface area (Å²) in [7, 11) is 0. The molecule has 7 nitrogen and oxygen atoms in total. The number of hydrogen-bond donors (Lipinski definition) is 2. The third-order valence-electron chi connectivity index (χ3n) is 4.74. The number of nitrogens with zero attached hydrogens (tertiary/aromatic N) is 3. The summed E-state index contributed by atoms with van der Waals surface area (Å²) >= 11 is 1.53. The lowest BCUT2D eigenvalue weighted by molar-refractivity contribution is 0.208. The van der Waals surface area contributed by atoms with Gasteiger partial charge in [-0.3, -0.25) is 0 Å². The molecule has 0 unspecified atom stereocenters. The highest BCUT2D eigenvalue weighted by molar-refractivity contribution is 7.07. The largest absolute Gasteiger partial charge is 0.506 e. The van der Waals surface area contributed by atoms with E-state index in [4.69, 9.17) is 4.74 Å². The number of aromatic nitrogens is 1. The first-order valence-corrected chi connectivity index (χ1v) is 10.3. The van der Waals surface area contributed by atoms with E-state index < -0.39 is 0 Å². The molecular weight excluding hydrogens is 388 g/mol. The lowest BCUT2D eigenvalue weighted by Crippen LogP contribution is -2.50.